The lowest BCUT2D eigenvalue weighted by molar-refractivity contribution is 0.103. The van der Waals surface area contributed by atoms with Gasteiger partial charge in [-0.2, -0.15) is 0 Å². The Morgan fingerprint density at radius 1 is 1.08 bits per heavy atom. The van der Waals surface area contributed by atoms with Gasteiger partial charge in [-0.3, -0.25) is 4.79 Å². The summed E-state index contributed by atoms with van der Waals surface area (Å²) in [5.41, 5.74) is 0.670. The third-order valence-electron chi connectivity index (χ3n) is 4.55. The van der Waals surface area contributed by atoms with Gasteiger partial charge in [0.05, 0.1) is 4.90 Å². The fraction of sp³-hybridized carbons (Fsp3) is 0.316. The first-order chi connectivity index (χ1) is 12.0. The molecular weight excluding hydrogens is 336 g/mol. The van der Waals surface area contributed by atoms with Crippen LogP contribution < -0.4 is 10.0 Å². The lowest BCUT2D eigenvalue weighted by Gasteiger charge is -2.30. The second-order valence-electron chi connectivity index (χ2n) is 6.39. The molecule has 2 unspecified atom stereocenters. The van der Waals surface area contributed by atoms with E-state index in [1.165, 1.54) is 6.07 Å². The van der Waals surface area contributed by atoms with Crippen molar-refractivity contribution in [2.75, 3.05) is 13.1 Å². The second-order valence-corrected chi connectivity index (χ2v) is 8.07. The first kappa shape index (κ1) is 17.8. The number of sulfonamides is 1. The first-order valence-corrected chi connectivity index (χ1v) is 9.89. The molecule has 2 aromatic rings. The fourth-order valence-corrected chi connectivity index (χ4v) is 4.67. The number of nitrogens with one attached hydrogen (secondary N) is 2. The highest BCUT2D eigenvalue weighted by atomic mass is 32.2. The monoisotopic (exact) mass is 358 g/mol. The molecule has 0 saturated carbocycles. The van der Waals surface area contributed by atoms with Crippen LogP contribution in [0, 0.1) is 5.92 Å². The summed E-state index contributed by atoms with van der Waals surface area (Å²) < 4.78 is 28.6. The Hall–Kier alpha value is -2.02. The number of carbonyl (C=O) groups excluding carboxylic acids is 1. The van der Waals surface area contributed by atoms with Gasteiger partial charge in [-0.25, -0.2) is 13.1 Å². The van der Waals surface area contributed by atoms with Crippen molar-refractivity contribution >= 4 is 15.8 Å². The van der Waals surface area contributed by atoms with E-state index < -0.39 is 10.0 Å². The van der Waals surface area contributed by atoms with Crippen molar-refractivity contribution in [2.45, 2.75) is 24.3 Å². The molecule has 1 aliphatic rings. The van der Waals surface area contributed by atoms with Crippen molar-refractivity contribution in [3.8, 4) is 0 Å². The molecule has 3 rings (SSSR count). The smallest absolute Gasteiger partial charge is 0.241 e. The van der Waals surface area contributed by atoms with E-state index >= 15 is 0 Å². The highest BCUT2D eigenvalue weighted by molar-refractivity contribution is 7.89. The largest absolute Gasteiger partial charge is 0.316 e. The Morgan fingerprint density at radius 2 is 1.76 bits per heavy atom. The second kappa shape index (κ2) is 7.47. The summed E-state index contributed by atoms with van der Waals surface area (Å²) in [7, 11) is -3.78. The van der Waals surface area contributed by atoms with Crippen molar-refractivity contribution < 1.29 is 13.2 Å². The maximum atomic E-state index is 12.9. The van der Waals surface area contributed by atoms with Crippen LogP contribution in [0.1, 0.15) is 29.3 Å². The van der Waals surface area contributed by atoms with E-state index in [1.807, 2.05) is 13.0 Å². The van der Waals surface area contributed by atoms with Gasteiger partial charge in [0.2, 0.25) is 10.0 Å². The number of hydrogen-bond donors (Lipinski definition) is 2. The Labute approximate surface area is 148 Å². The molecule has 2 aromatic carbocycles. The molecule has 1 saturated heterocycles. The maximum absolute atomic E-state index is 12.9. The summed E-state index contributed by atoms with van der Waals surface area (Å²) in [6.45, 7) is 3.57. The standard InChI is InChI=1S/C19H22N2O3S/c1-14-13-20-12-11-17(14)21-25(23,24)18-10-6-5-9-16(18)19(22)15-7-3-2-4-8-15/h2-10,14,17,20-21H,11-13H2,1H3. The fourth-order valence-electron chi connectivity index (χ4n) is 3.09. The van der Waals surface area contributed by atoms with Crippen LogP contribution in [0.25, 0.3) is 0 Å². The van der Waals surface area contributed by atoms with E-state index in [0.29, 0.717) is 5.56 Å². The summed E-state index contributed by atoms with van der Waals surface area (Å²) in [4.78, 5) is 12.8. The van der Waals surface area contributed by atoms with Crippen molar-refractivity contribution in [1.82, 2.24) is 10.0 Å². The van der Waals surface area contributed by atoms with Crippen LogP contribution in [-0.2, 0) is 10.0 Å². The SMILES string of the molecule is CC1CNCCC1NS(=O)(=O)c1ccccc1C(=O)c1ccccc1. The molecule has 0 bridgehead atoms. The average Bonchev–Trinajstić information content (AvgIpc) is 2.64. The highest BCUT2D eigenvalue weighted by Gasteiger charge is 2.29. The maximum Gasteiger partial charge on any atom is 0.241 e. The number of benzene rings is 2. The quantitative estimate of drug-likeness (QED) is 0.804. The van der Waals surface area contributed by atoms with Gasteiger partial charge in [0.15, 0.2) is 5.78 Å². The molecule has 2 atom stereocenters. The van der Waals surface area contributed by atoms with Gasteiger partial charge in [-0.1, -0.05) is 49.4 Å². The van der Waals surface area contributed by atoms with Crippen molar-refractivity contribution in [1.29, 1.82) is 0 Å². The van der Waals surface area contributed by atoms with Crippen LogP contribution in [0.3, 0.4) is 0 Å². The minimum absolute atomic E-state index is 0.0367. The number of carbonyl (C=O) groups is 1. The highest BCUT2D eigenvalue weighted by Crippen LogP contribution is 2.21. The molecule has 0 aromatic heterocycles. The van der Waals surface area contributed by atoms with Crippen molar-refractivity contribution in [3.63, 3.8) is 0 Å². The van der Waals surface area contributed by atoms with E-state index in [2.05, 4.69) is 10.0 Å². The molecule has 0 amide bonds. The normalized spacial score (nSPS) is 21.0. The molecule has 25 heavy (non-hydrogen) atoms. The lowest BCUT2D eigenvalue weighted by Crippen LogP contribution is -2.48. The Bertz CT molecular complexity index is 850. The van der Waals surface area contributed by atoms with E-state index in [9.17, 15) is 13.2 Å². The Kier molecular flexibility index (Phi) is 5.32. The first-order valence-electron chi connectivity index (χ1n) is 8.41. The molecule has 1 heterocycles. The average molecular weight is 358 g/mol. The predicted molar refractivity (Wildman–Crippen MR) is 97.1 cm³/mol. The van der Waals surface area contributed by atoms with Gasteiger partial charge in [0.25, 0.3) is 0 Å². The number of ketones is 1. The zero-order valence-electron chi connectivity index (χ0n) is 14.1. The molecule has 0 spiro atoms. The van der Waals surface area contributed by atoms with Crippen LogP contribution in [0.2, 0.25) is 0 Å². The molecule has 1 fully saturated rings. The molecule has 6 heteroatoms. The van der Waals surface area contributed by atoms with E-state index in [4.69, 9.17) is 0 Å². The van der Waals surface area contributed by atoms with Gasteiger partial charge in [0, 0.05) is 17.2 Å². The summed E-state index contributed by atoms with van der Waals surface area (Å²) in [5, 5.41) is 3.25. The minimum atomic E-state index is -3.78. The summed E-state index contributed by atoms with van der Waals surface area (Å²) in [6.07, 6.45) is 0.731. The van der Waals surface area contributed by atoms with Crippen LogP contribution >= 0.6 is 0 Å². The van der Waals surface area contributed by atoms with Crippen LogP contribution in [0.15, 0.2) is 59.5 Å². The van der Waals surface area contributed by atoms with Gasteiger partial charge in [-0.05, 0) is 37.6 Å². The molecule has 0 aliphatic carbocycles. The number of hydrogen-bond acceptors (Lipinski definition) is 4. The molecule has 1 aliphatic heterocycles. The number of piperidine rings is 1. The molecule has 2 N–H and O–H groups in total. The predicted octanol–water partition coefficient (Wildman–Crippen LogP) is 2.19. The molecule has 5 nitrogen and oxygen atoms in total. The number of rotatable bonds is 5. The third kappa shape index (κ3) is 3.98. The molecule has 132 valence electrons. The summed E-state index contributed by atoms with van der Waals surface area (Å²) in [5.74, 6) is -0.0968. The minimum Gasteiger partial charge on any atom is -0.316 e. The van der Waals surface area contributed by atoms with Gasteiger partial charge < -0.3 is 5.32 Å². The topological polar surface area (TPSA) is 75.3 Å². The van der Waals surface area contributed by atoms with E-state index in [1.54, 1.807) is 42.5 Å². The molecule has 0 radical (unpaired) electrons. The third-order valence-corrected chi connectivity index (χ3v) is 6.10. The lowest BCUT2D eigenvalue weighted by atomic mass is 9.97. The zero-order valence-corrected chi connectivity index (χ0v) is 14.9. The van der Waals surface area contributed by atoms with Crippen LogP contribution in [0.4, 0.5) is 0 Å². The van der Waals surface area contributed by atoms with Crippen LogP contribution in [0.5, 0.6) is 0 Å². The molecular formula is C19H22N2O3S. The van der Waals surface area contributed by atoms with Gasteiger partial charge >= 0.3 is 0 Å². The zero-order chi connectivity index (χ0) is 17.9. The summed E-state index contributed by atoms with van der Waals surface area (Å²) >= 11 is 0. The van der Waals surface area contributed by atoms with Gasteiger partial charge in [0.1, 0.15) is 0 Å². The van der Waals surface area contributed by atoms with E-state index in [-0.39, 0.29) is 28.2 Å². The van der Waals surface area contributed by atoms with E-state index in [0.717, 1.165) is 19.5 Å². The Morgan fingerprint density at radius 3 is 2.48 bits per heavy atom. The Balaban J connectivity index is 1.93. The van der Waals surface area contributed by atoms with Crippen molar-refractivity contribution in [2.24, 2.45) is 5.92 Å². The van der Waals surface area contributed by atoms with Crippen molar-refractivity contribution in [3.05, 3.63) is 65.7 Å². The van der Waals surface area contributed by atoms with Gasteiger partial charge in [-0.15, -0.1) is 0 Å². The summed E-state index contributed by atoms with van der Waals surface area (Å²) in [6, 6.07) is 15.0. The van der Waals surface area contributed by atoms with Crippen LogP contribution in [-0.4, -0.2) is 33.3 Å².